The van der Waals surface area contributed by atoms with E-state index >= 15 is 0 Å². The van der Waals surface area contributed by atoms with E-state index in [1.807, 2.05) is 30.8 Å². The fourth-order valence-electron chi connectivity index (χ4n) is 5.36. The van der Waals surface area contributed by atoms with Crippen molar-refractivity contribution in [1.82, 2.24) is 34.4 Å². The van der Waals surface area contributed by atoms with Crippen molar-refractivity contribution >= 4 is 28.5 Å². The zero-order valence-electron chi connectivity index (χ0n) is 21.5. The summed E-state index contributed by atoms with van der Waals surface area (Å²) in [6, 6.07) is 2.15. The molecule has 1 unspecified atom stereocenters. The number of hydrogen-bond acceptors (Lipinski definition) is 7. The van der Waals surface area contributed by atoms with Gasteiger partial charge in [-0.15, -0.1) is 0 Å². The molecule has 4 heterocycles. The number of methoxy groups -OCH3 is 1. The van der Waals surface area contributed by atoms with Crippen LogP contribution in [0.25, 0.3) is 22.2 Å². The predicted octanol–water partition coefficient (Wildman–Crippen LogP) is 4.82. The molecule has 0 saturated carbocycles. The third kappa shape index (κ3) is 4.10. The van der Waals surface area contributed by atoms with Crippen LogP contribution in [0, 0.1) is 13.8 Å². The summed E-state index contributed by atoms with van der Waals surface area (Å²) in [7, 11) is 1.69. The molecule has 0 spiro atoms. The van der Waals surface area contributed by atoms with Crippen LogP contribution in [-0.4, -0.2) is 61.2 Å². The van der Waals surface area contributed by atoms with Crippen LogP contribution >= 0.6 is 11.6 Å². The first-order valence-electron chi connectivity index (χ1n) is 12.4. The van der Waals surface area contributed by atoms with Crippen molar-refractivity contribution in [3.05, 3.63) is 46.6 Å². The SMILES string of the molecule is CCN1CCC(n2cc(-c3c(C)c(Cl)cc(C(C)n4nc(C)c5c(N)ncnc54)c3OC)cn2)CC1. The van der Waals surface area contributed by atoms with Crippen LogP contribution in [0.15, 0.2) is 24.8 Å². The van der Waals surface area contributed by atoms with E-state index in [0.717, 1.165) is 71.6 Å². The summed E-state index contributed by atoms with van der Waals surface area (Å²) < 4.78 is 10.0. The average molecular weight is 509 g/mol. The van der Waals surface area contributed by atoms with E-state index in [4.69, 9.17) is 32.3 Å². The molecule has 1 aliphatic rings. The second-order valence-electron chi connectivity index (χ2n) is 9.52. The van der Waals surface area contributed by atoms with Crippen molar-refractivity contribution in [2.45, 2.75) is 52.6 Å². The number of nitrogens with zero attached hydrogens (tertiary/aromatic N) is 7. The average Bonchev–Trinajstić information content (AvgIpc) is 3.50. The molecule has 2 N–H and O–H groups in total. The lowest BCUT2D eigenvalue weighted by molar-refractivity contribution is 0.187. The number of nitrogens with two attached hydrogens (primary N) is 1. The number of piperidine rings is 1. The van der Waals surface area contributed by atoms with Crippen molar-refractivity contribution < 1.29 is 4.74 Å². The van der Waals surface area contributed by atoms with Gasteiger partial charge in [0.15, 0.2) is 5.65 Å². The smallest absolute Gasteiger partial charge is 0.164 e. The normalized spacial score (nSPS) is 16.1. The maximum Gasteiger partial charge on any atom is 0.164 e. The number of hydrogen-bond donors (Lipinski definition) is 1. The van der Waals surface area contributed by atoms with Gasteiger partial charge in [0, 0.05) is 41.0 Å². The summed E-state index contributed by atoms with van der Waals surface area (Å²) >= 11 is 6.80. The van der Waals surface area contributed by atoms with Crippen LogP contribution in [-0.2, 0) is 0 Å². The molecule has 3 aromatic heterocycles. The van der Waals surface area contributed by atoms with E-state index in [1.54, 1.807) is 7.11 Å². The molecule has 0 aliphatic carbocycles. The highest BCUT2D eigenvalue weighted by molar-refractivity contribution is 6.32. The van der Waals surface area contributed by atoms with Crippen LogP contribution in [0.5, 0.6) is 5.75 Å². The molecule has 190 valence electrons. The maximum absolute atomic E-state index is 6.80. The van der Waals surface area contributed by atoms with Crippen molar-refractivity contribution in [2.75, 3.05) is 32.5 Å². The zero-order valence-corrected chi connectivity index (χ0v) is 22.2. The van der Waals surface area contributed by atoms with Gasteiger partial charge in [-0.3, -0.25) is 4.68 Å². The van der Waals surface area contributed by atoms with Gasteiger partial charge in [-0.2, -0.15) is 10.2 Å². The molecule has 4 aromatic rings. The van der Waals surface area contributed by atoms with Crippen LogP contribution in [0.3, 0.4) is 0 Å². The van der Waals surface area contributed by atoms with Crippen LogP contribution in [0.1, 0.15) is 55.6 Å². The highest BCUT2D eigenvalue weighted by Gasteiger charge is 2.26. The Bertz CT molecular complexity index is 1400. The summed E-state index contributed by atoms with van der Waals surface area (Å²) in [5.41, 5.74) is 11.4. The largest absolute Gasteiger partial charge is 0.496 e. The van der Waals surface area contributed by atoms with Crippen molar-refractivity contribution in [3.8, 4) is 16.9 Å². The Morgan fingerprint density at radius 3 is 2.67 bits per heavy atom. The van der Waals surface area contributed by atoms with Crippen molar-refractivity contribution in [3.63, 3.8) is 0 Å². The Balaban J connectivity index is 1.57. The van der Waals surface area contributed by atoms with Gasteiger partial charge in [-0.1, -0.05) is 18.5 Å². The molecular formula is C26H33ClN8O. The fraction of sp³-hybridized carbons (Fsp3) is 0.462. The van der Waals surface area contributed by atoms with Gasteiger partial charge in [0.05, 0.1) is 36.5 Å². The highest BCUT2D eigenvalue weighted by atomic mass is 35.5. The van der Waals surface area contributed by atoms with E-state index in [9.17, 15) is 0 Å². The molecule has 36 heavy (non-hydrogen) atoms. The highest BCUT2D eigenvalue weighted by Crippen LogP contribution is 2.43. The summed E-state index contributed by atoms with van der Waals surface area (Å²) in [5.74, 6) is 1.18. The molecule has 10 heteroatoms. The lowest BCUT2D eigenvalue weighted by atomic mass is 9.95. The third-order valence-corrected chi connectivity index (χ3v) is 7.88. The van der Waals surface area contributed by atoms with E-state index < -0.39 is 0 Å². The monoisotopic (exact) mass is 508 g/mol. The topological polar surface area (TPSA) is 99.9 Å². The quantitative estimate of drug-likeness (QED) is 0.398. The van der Waals surface area contributed by atoms with Crippen LogP contribution < -0.4 is 10.5 Å². The molecule has 0 bridgehead atoms. The second-order valence-corrected chi connectivity index (χ2v) is 9.93. The molecule has 1 aliphatic heterocycles. The minimum atomic E-state index is -0.212. The van der Waals surface area contributed by atoms with E-state index in [1.165, 1.54) is 6.33 Å². The maximum atomic E-state index is 6.80. The number of halogens is 1. The lowest BCUT2D eigenvalue weighted by Crippen LogP contribution is -2.34. The molecule has 1 fully saturated rings. The number of aryl methyl sites for hydroxylation is 1. The van der Waals surface area contributed by atoms with E-state index in [-0.39, 0.29) is 6.04 Å². The van der Waals surface area contributed by atoms with Gasteiger partial charge in [0.1, 0.15) is 17.9 Å². The predicted molar refractivity (Wildman–Crippen MR) is 143 cm³/mol. The van der Waals surface area contributed by atoms with Gasteiger partial charge in [0.25, 0.3) is 0 Å². The third-order valence-electron chi connectivity index (χ3n) is 7.49. The van der Waals surface area contributed by atoms with E-state index in [0.29, 0.717) is 22.5 Å². The number of likely N-dealkylation sites (tertiary alicyclic amines) is 1. The van der Waals surface area contributed by atoms with Gasteiger partial charge < -0.3 is 15.4 Å². The molecule has 1 atom stereocenters. The first-order valence-corrected chi connectivity index (χ1v) is 12.8. The number of anilines is 1. The van der Waals surface area contributed by atoms with Gasteiger partial charge >= 0.3 is 0 Å². The molecule has 5 rings (SSSR count). The minimum Gasteiger partial charge on any atom is -0.496 e. The fourth-order valence-corrected chi connectivity index (χ4v) is 5.57. The first kappa shape index (κ1) is 24.5. The Hall–Kier alpha value is -3.17. The Morgan fingerprint density at radius 1 is 1.22 bits per heavy atom. The molecule has 0 radical (unpaired) electrons. The lowest BCUT2D eigenvalue weighted by Gasteiger charge is -2.31. The summed E-state index contributed by atoms with van der Waals surface area (Å²) in [6.45, 7) is 11.5. The number of ether oxygens (including phenoxy) is 1. The number of benzene rings is 1. The van der Waals surface area contributed by atoms with Crippen LogP contribution in [0.2, 0.25) is 5.02 Å². The van der Waals surface area contributed by atoms with Gasteiger partial charge in [-0.25, -0.2) is 14.6 Å². The second kappa shape index (κ2) is 9.71. The number of rotatable bonds is 6. The number of fused-ring (bicyclic) bond motifs is 1. The molecule has 0 amide bonds. The summed E-state index contributed by atoms with van der Waals surface area (Å²) in [5, 5.41) is 10.9. The Morgan fingerprint density at radius 2 is 1.97 bits per heavy atom. The number of nitrogen functional groups attached to an aromatic ring is 1. The van der Waals surface area contributed by atoms with E-state index in [2.05, 4.69) is 39.6 Å². The molecule has 1 aromatic carbocycles. The van der Waals surface area contributed by atoms with Gasteiger partial charge in [0.2, 0.25) is 0 Å². The molecule has 9 nitrogen and oxygen atoms in total. The minimum absolute atomic E-state index is 0.212. The molecular weight excluding hydrogens is 476 g/mol. The summed E-state index contributed by atoms with van der Waals surface area (Å²) in [6.07, 6.45) is 7.71. The Kier molecular flexibility index (Phi) is 6.61. The summed E-state index contributed by atoms with van der Waals surface area (Å²) in [4.78, 5) is 11.1. The van der Waals surface area contributed by atoms with Crippen LogP contribution in [0.4, 0.5) is 5.82 Å². The van der Waals surface area contributed by atoms with Crippen molar-refractivity contribution in [1.29, 1.82) is 0 Å². The molecule has 1 saturated heterocycles. The standard InChI is InChI=1S/C26H33ClN8O/c1-6-33-9-7-19(8-10-33)34-13-18(12-31-34)22-15(2)21(27)11-20(24(22)36-5)17(4)35-26-23(16(3)32-35)25(28)29-14-30-26/h11-14,17,19H,6-10H2,1-5H3,(H2,28,29,30). The zero-order chi connectivity index (χ0) is 25.6. The Labute approximate surface area is 216 Å². The number of aromatic nitrogens is 6. The van der Waals surface area contributed by atoms with Gasteiger partial charge in [-0.05, 0) is 51.8 Å². The van der Waals surface area contributed by atoms with Crippen molar-refractivity contribution in [2.24, 2.45) is 0 Å². The first-order chi connectivity index (χ1) is 17.3.